The quantitative estimate of drug-likeness (QED) is 0.805. The van der Waals surface area contributed by atoms with Crippen molar-refractivity contribution in [3.8, 4) is 22.7 Å². The fraction of sp³-hybridized carbons (Fsp3) is 0. The summed E-state index contributed by atoms with van der Waals surface area (Å²) in [6, 6.07) is 12.5. The van der Waals surface area contributed by atoms with Crippen LogP contribution in [0.4, 0.5) is 0 Å². The second kappa shape index (κ2) is 5.38. The minimum Gasteiger partial charge on any atom is -0.365 e. The van der Waals surface area contributed by atoms with Gasteiger partial charge in [-0.2, -0.15) is 0 Å². The Morgan fingerprint density at radius 3 is 2.52 bits per heavy atom. The van der Waals surface area contributed by atoms with Crippen LogP contribution >= 0.6 is 11.6 Å². The standard InChI is InChI=1S/C15H10ClN3O2/c16-10-6-7-11(18-8-10)13-12(15(17)20)14(21-19-13)9-4-2-1-3-5-9/h1-8H,(H2,17,20). The number of nitrogens with zero attached hydrogens (tertiary/aromatic N) is 2. The van der Waals surface area contributed by atoms with Gasteiger partial charge in [0, 0.05) is 11.8 Å². The first-order valence-corrected chi connectivity index (χ1v) is 6.51. The van der Waals surface area contributed by atoms with Crippen LogP contribution < -0.4 is 5.73 Å². The third-order valence-electron chi connectivity index (χ3n) is 2.94. The summed E-state index contributed by atoms with van der Waals surface area (Å²) in [5, 5.41) is 4.42. The zero-order valence-electron chi connectivity index (χ0n) is 10.8. The molecule has 3 rings (SSSR count). The van der Waals surface area contributed by atoms with E-state index in [1.165, 1.54) is 6.20 Å². The van der Waals surface area contributed by atoms with Crippen LogP contribution in [0.3, 0.4) is 0 Å². The number of nitrogens with two attached hydrogens (primary N) is 1. The van der Waals surface area contributed by atoms with Gasteiger partial charge >= 0.3 is 0 Å². The van der Waals surface area contributed by atoms with E-state index in [2.05, 4.69) is 10.1 Å². The fourth-order valence-corrected chi connectivity index (χ4v) is 2.11. The van der Waals surface area contributed by atoms with Gasteiger partial charge < -0.3 is 10.3 Å². The van der Waals surface area contributed by atoms with E-state index in [0.29, 0.717) is 22.2 Å². The van der Waals surface area contributed by atoms with Gasteiger partial charge in [-0.25, -0.2) is 0 Å². The summed E-state index contributed by atoms with van der Waals surface area (Å²) in [6.07, 6.45) is 1.47. The van der Waals surface area contributed by atoms with Gasteiger partial charge in [-0.1, -0.05) is 47.1 Å². The molecule has 0 spiro atoms. The average Bonchev–Trinajstić information content (AvgIpc) is 2.94. The lowest BCUT2D eigenvalue weighted by Gasteiger charge is -2.00. The summed E-state index contributed by atoms with van der Waals surface area (Å²) in [4.78, 5) is 15.9. The van der Waals surface area contributed by atoms with Crippen LogP contribution in [0.1, 0.15) is 10.4 Å². The van der Waals surface area contributed by atoms with Crippen molar-refractivity contribution in [2.45, 2.75) is 0 Å². The highest BCUT2D eigenvalue weighted by molar-refractivity contribution is 6.30. The largest absolute Gasteiger partial charge is 0.365 e. The SMILES string of the molecule is NC(=O)c1c(-c2ccc(Cl)cn2)noc1-c1ccccc1. The molecule has 0 unspecified atom stereocenters. The van der Waals surface area contributed by atoms with Crippen molar-refractivity contribution in [3.63, 3.8) is 0 Å². The molecule has 0 saturated heterocycles. The van der Waals surface area contributed by atoms with Crippen molar-refractivity contribution in [3.05, 3.63) is 59.2 Å². The van der Waals surface area contributed by atoms with Gasteiger partial charge in [0.1, 0.15) is 11.3 Å². The number of hydrogen-bond acceptors (Lipinski definition) is 4. The normalized spacial score (nSPS) is 10.5. The molecule has 0 bridgehead atoms. The van der Waals surface area contributed by atoms with E-state index in [9.17, 15) is 4.79 Å². The lowest BCUT2D eigenvalue weighted by Crippen LogP contribution is -2.12. The molecule has 21 heavy (non-hydrogen) atoms. The van der Waals surface area contributed by atoms with E-state index in [-0.39, 0.29) is 5.56 Å². The van der Waals surface area contributed by atoms with Crippen molar-refractivity contribution in [1.82, 2.24) is 10.1 Å². The molecule has 0 atom stereocenters. The monoisotopic (exact) mass is 299 g/mol. The summed E-state index contributed by atoms with van der Waals surface area (Å²) in [5.74, 6) is -0.295. The number of pyridine rings is 1. The molecule has 0 saturated carbocycles. The molecule has 2 aromatic heterocycles. The molecular formula is C15H10ClN3O2. The van der Waals surface area contributed by atoms with E-state index >= 15 is 0 Å². The van der Waals surface area contributed by atoms with E-state index in [1.54, 1.807) is 12.1 Å². The maximum atomic E-state index is 11.8. The Kier molecular flexibility index (Phi) is 3.41. The number of primary amides is 1. The number of carbonyl (C=O) groups excluding carboxylic acids is 1. The lowest BCUT2D eigenvalue weighted by atomic mass is 10.0. The zero-order valence-corrected chi connectivity index (χ0v) is 11.5. The van der Waals surface area contributed by atoms with Crippen LogP contribution in [-0.4, -0.2) is 16.0 Å². The topological polar surface area (TPSA) is 82.0 Å². The van der Waals surface area contributed by atoms with Gasteiger partial charge in [-0.05, 0) is 12.1 Å². The van der Waals surface area contributed by atoms with Gasteiger partial charge in [0.15, 0.2) is 5.76 Å². The Labute approximate surface area is 125 Å². The van der Waals surface area contributed by atoms with Crippen molar-refractivity contribution >= 4 is 17.5 Å². The maximum absolute atomic E-state index is 11.8. The Bertz CT molecular complexity index is 782. The third kappa shape index (κ3) is 2.51. The molecule has 0 aliphatic rings. The first-order chi connectivity index (χ1) is 10.2. The van der Waals surface area contributed by atoms with Gasteiger partial charge in [0.25, 0.3) is 5.91 Å². The number of rotatable bonds is 3. The van der Waals surface area contributed by atoms with Crippen LogP contribution in [0.25, 0.3) is 22.7 Å². The molecule has 3 aromatic rings. The van der Waals surface area contributed by atoms with E-state index in [4.69, 9.17) is 21.9 Å². The smallest absolute Gasteiger partial charge is 0.255 e. The molecule has 0 aliphatic carbocycles. The minimum absolute atomic E-state index is 0.205. The van der Waals surface area contributed by atoms with E-state index < -0.39 is 5.91 Å². The molecule has 104 valence electrons. The van der Waals surface area contributed by atoms with E-state index in [0.717, 1.165) is 5.56 Å². The lowest BCUT2D eigenvalue weighted by molar-refractivity contribution is 0.100. The number of carbonyl (C=O) groups is 1. The van der Waals surface area contributed by atoms with Crippen molar-refractivity contribution in [1.29, 1.82) is 0 Å². The van der Waals surface area contributed by atoms with Crippen molar-refractivity contribution in [2.75, 3.05) is 0 Å². The number of halogens is 1. The number of amides is 1. The molecule has 1 amide bonds. The van der Waals surface area contributed by atoms with Crippen LogP contribution in [-0.2, 0) is 0 Å². The second-order valence-corrected chi connectivity index (χ2v) is 4.76. The fourth-order valence-electron chi connectivity index (χ4n) is 2.00. The third-order valence-corrected chi connectivity index (χ3v) is 3.17. The molecular weight excluding hydrogens is 290 g/mol. The Morgan fingerprint density at radius 1 is 1.14 bits per heavy atom. The Balaban J connectivity index is 2.17. The summed E-state index contributed by atoms with van der Waals surface area (Å²) in [6.45, 7) is 0. The van der Waals surface area contributed by atoms with Crippen molar-refractivity contribution in [2.24, 2.45) is 5.73 Å². The molecule has 5 nitrogen and oxygen atoms in total. The number of hydrogen-bond donors (Lipinski definition) is 1. The predicted molar refractivity (Wildman–Crippen MR) is 78.7 cm³/mol. The molecule has 0 radical (unpaired) electrons. The maximum Gasteiger partial charge on any atom is 0.255 e. The van der Waals surface area contributed by atoms with E-state index in [1.807, 2.05) is 30.3 Å². The second-order valence-electron chi connectivity index (χ2n) is 4.33. The Hall–Kier alpha value is -2.66. The Morgan fingerprint density at radius 2 is 1.90 bits per heavy atom. The van der Waals surface area contributed by atoms with Crippen LogP contribution in [0.5, 0.6) is 0 Å². The first-order valence-electron chi connectivity index (χ1n) is 6.13. The van der Waals surface area contributed by atoms with Gasteiger partial charge in [-0.3, -0.25) is 9.78 Å². The highest BCUT2D eigenvalue weighted by Gasteiger charge is 2.23. The first kappa shape index (κ1) is 13.3. The molecule has 2 heterocycles. The molecule has 1 aromatic carbocycles. The highest BCUT2D eigenvalue weighted by atomic mass is 35.5. The summed E-state index contributed by atoms with van der Waals surface area (Å²) in [5.41, 5.74) is 7.17. The van der Waals surface area contributed by atoms with Crippen LogP contribution in [0, 0.1) is 0 Å². The van der Waals surface area contributed by atoms with Gasteiger partial charge in [-0.15, -0.1) is 0 Å². The molecule has 6 heteroatoms. The van der Waals surface area contributed by atoms with Crippen LogP contribution in [0.2, 0.25) is 5.02 Å². The summed E-state index contributed by atoms with van der Waals surface area (Å²) in [7, 11) is 0. The average molecular weight is 300 g/mol. The molecule has 0 aliphatic heterocycles. The van der Waals surface area contributed by atoms with Crippen molar-refractivity contribution < 1.29 is 9.32 Å². The highest BCUT2D eigenvalue weighted by Crippen LogP contribution is 2.31. The zero-order chi connectivity index (χ0) is 14.8. The molecule has 0 fully saturated rings. The van der Waals surface area contributed by atoms with Gasteiger partial charge in [0.05, 0.1) is 10.7 Å². The minimum atomic E-state index is -0.623. The molecule has 2 N–H and O–H groups in total. The summed E-state index contributed by atoms with van der Waals surface area (Å²) >= 11 is 5.80. The summed E-state index contributed by atoms with van der Waals surface area (Å²) < 4.78 is 5.30. The van der Waals surface area contributed by atoms with Crippen LogP contribution in [0.15, 0.2) is 53.2 Å². The van der Waals surface area contributed by atoms with Gasteiger partial charge in [0.2, 0.25) is 0 Å². The number of benzene rings is 1. The number of aromatic nitrogens is 2. The predicted octanol–water partition coefficient (Wildman–Crippen LogP) is 3.16.